The maximum absolute atomic E-state index is 11.5. The van der Waals surface area contributed by atoms with E-state index in [0.29, 0.717) is 0 Å². The summed E-state index contributed by atoms with van der Waals surface area (Å²) in [6, 6.07) is 7.94. The van der Waals surface area contributed by atoms with Gasteiger partial charge >= 0.3 is 5.97 Å². The third-order valence-electron chi connectivity index (χ3n) is 3.07. The van der Waals surface area contributed by atoms with E-state index >= 15 is 0 Å². The molecule has 1 aromatic heterocycles. The first-order valence-corrected chi connectivity index (χ1v) is 6.16. The van der Waals surface area contributed by atoms with Gasteiger partial charge < -0.3 is 9.64 Å². The third kappa shape index (κ3) is 2.67. The average molecular weight is 258 g/mol. The topological polar surface area (TPSA) is 42.4 Å². The zero-order valence-electron chi connectivity index (χ0n) is 11.7. The van der Waals surface area contributed by atoms with Gasteiger partial charge in [0.25, 0.3) is 0 Å². The van der Waals surface area contributed by atoms with E-state index in [4.69, 9.17) is 4.74 Å². The summed E-state index contributed by atoms with van der Waals surface area (Å²) in [5.74, 6) is -0.248. The number of aromatic nitrogens is 1. The van der Waals surface area contributed by atoms with E-state index in [9.17, 15) is 4.79 Å². The molecular formula is C15H18N2O2. The number of esters is 1. The van der Waals surface area contributed by atoms with Crippen molar-refractivity contribution in [3.63, 3.8) is 0 Å². The summed E-state index contributed by atoms with van der Waals surface area (Å²) in [6.07, 6.45) is 0.247. The lowest BCUT2D eigenvalue weighted by Gasteiger charge is -2.17. The number of nitrogens with zero attached hydrogens (tertiary/aromatic N) is 2. The average Bonchev–Trinajstić information content (AvgIpc) is 2.38. The Bertz CT molecular complexity index is 621. The second-order valence-corrected chi connectivity index (χ2v) is 4.74. The Kier molecular flexibility index (Phi) is 3.69. The zero-order chi connectivity index (χ0) is 14.0. The lowest BCUT2D eigenvalue weighted by molar-refractivity contribution is -0.139. The number of aryl methyl sites for hydroxylation is 1. The molecule has 0 saturated carbocycles. The van der Waals surface area contributed by atoms with Crippen molar-refractivity contribution in [2.75, 3.05) is 26.1 Å². The van der Waals surface area contributed by atoms with Gasteiger partial charge in [-0.05, 0) is 18.6 Å². The molecule has 1 heterocycles. The van der Waals surface area contributed by atoms with Crippen LogP contribution in [-0.4, -0.2) is 32.2 Å². The number of methoxy groups -OCH3 is 1. The van der Waals surface area contributed by atoms with E-state index in [1.54, 1.807) is 0 Å². The van der Waals surface area contributed by atoms with Gasteiger partial charge in [0, 0.05) is 30.9 Å². The minimum absolute atomic E-state index is 0.247. The standard InChI is InChI=1S/C15H18N2O2/c1-10-8-13(17(2)3)12-7-5-6-11(15(12)16-10)9-14(18)19-4/h5-8H,9H2,1-4H3. The first-order valence-electron chi connectivity index (χ1n) is 6.16. The van der Waals surface area contributed by atoms with Gasteiger partial charge in [-0.1, -0.05) is 18.2 Å². The van der Waals surface area contributed by atoms with E-state index in [0.717, 1.165) is 27.8 Å². The molecule has 0 aliphatic heterocycles. The van der Waals surface area contributed by atoms with Crippen LogP contribution in [0.25, 0.3) is 10.9 Å². The van der Waals surface area contributed by atoms with Crippen LogP contribution in [0.3, 0.4) is 0 Å². The Morgan fingerprint density at radius 3 is 2.74 bits per heavy atom. The number of carbonyl (C=O) groups excluding carboxylic acids is 1. The minimum Gasteiger partial charge on any atom is -0.469 e. The van der Waals surface area contributed by atoms with Crippen LogP contribution in [0.5, 0.6) is 0 Å². The van der Waals surface area contributed by atoms with Crippen molar-refractivity contribution in [3.05, 3.63) is 35.5 Å². The number of carbonyl (C=O) groups is 1. The highest BCUT2D eigenvalue weighted by molar-refractivity contribution is 5.95. The molecule has 0 amide bonds. The lowest BCUT2D eigenvalue weighted by Crippen LogP contribution is -2.11. The number of hydrogen-bond donors (Lipinski definition) is 0. The summed E-state index contributed by atoms with van der Waals surface area (Å²) < 4.78 is 4.73. The first-order chi connectivity index (χ1) is 9.02. The molecule has 19 heavy (non-hydrogen) atoms. The SMILES string of the molecule is COC(=O)Cc1cccc2c(N(C)C)cc(C)nc12. The highest BCUT2D eigenvalue weighted by atomic mass is 16.5. The molecule has 4 heteroatoms. The summed E-state index contributed by atoms with van der Waals surface area (Å²) in [7, 11) is 5.40. The Morgan fingerprint density at radius 2 is 2.11 bits per heavy atom. The van der Waals surface area contributed by atoms with Gasteiger partial charge in [0.1, 0.15) is 0 Å². The van der Waals surface area contributed by atoms with Crippen LogP contribution in [0.15, 0.2) is 24.3 Å². The van der Waals surface area contributed by atoms with Crippen molar-refractivity contribution in [1.82, 2.24) is 4.98 Å². The predicted octanol–water partition coefficient (Wildman–Crippen LogP) is 2.32. The summed E-state index contributed by atoms with van der Waals surface area (Å²) in [5.41, 5.74) is 3.82. The largest absolute Gasteiger partial charge is 0.469 e. The molecule has 0 saturated heterocycles. The molecule has 4 nitrogen and oxygen atoms in total. The normalized spacial score (nSPS) is 10.5. The zero-order valence-corrected chi connectivity index (χ0v) is 11.7. The molecule has 100 valence electrons. The maximum Gasteiger partial charge on any atom is 0.310 e. The molecule has 0 spiro atoms. The first kappa shape index (κ1) is 13.3. The maximum atomic E-state index is 11.5. The van der Waals surface area contributed by atoms with Crippen LogP contribution < -0.4 is 4.90 Å². The van der Waals surface area contributed by atoms with Crippen molar-refractivity contribution in [3.8, 4) is 0 Å². The van der Waals surface area contributed by atoms with Gasteiger partial charge in [-0.2, -0.15) is 0 Å². The second kappa shape index (κ2) is 5.26. The number of benzene rings is 1. The van der Waals surface area contributed by atoms with E-state index in [-0.39, 0.29) is 12.4 Å². The van der Waals surface area contributed by atoms with Gasteiger partial charge in [-0.3, -0.25) is 9.78 Å². The van der Waals surface area contributed by atoms with Gasteiger partial charge in [-0.25, -0.2) is 0 Å². The Morgan fingerprint density at radius 1 is 1.37 bits per heavy atom. The highest BCUT2D eigenvalue weighted by Gasteiger charge is 2.12. The van der Waals surface area contributed by atoms with Gasteiger partial charge in [0.15, 0.2) is 0 Å². The summed E-state index contributed by atoms with van der Waals surface area (Å²) in [4.78, 5) is 18.1. The van der Waals surface area contributed by atoms with Crippen molar-refractivity contribution in [1.29, 1.82) is 0 Å². The molecule has 0 unspecified atom stereocenters. The van der Waals surface area contributed by atoms with Crippen LogP contribution >= 0.6 is 0 Å². The van der Waals surface area contributed by atoms with Gasteiger partial charge in [0.05, 0.1) is 19.0 Å². The quantitative estimate of drug-likeness (QED) is 0.792. The number of fused-ring (bicyclic) bond motifs is 1. The van der Waals surface area contributed by atoms with Crippen LogP contribution in [0.2, 0.25) is 0 Å². The summed E-state index contributed by atoms with van der Waals surface area (Å²) in [6.45, 7) is 1.96. The van der Waals surface area contributed by atoms with E-state index in [1.807, 2.05) is 45.3 Å². The molecule has 0 N–H and O–H groups in total. The smallest absolute Gasteiger partial charge is 0.310 e. The number of pyridine rings is 1. The van der Waals surface area contributed by atoms with Crippen LogP contribution in [0.4, 0.5) is 5.69 Å². The molecule has 2 aromatic rings. The van der Waals surface area contributed by atoms with Crippen LogP contribution in [0.1, 0.15) is 11.3 Å². The van der Waals surface area contributed by atoms with Gasteiger partial charge in [-0.15, -0.1) is 0 Å². The number of anilines is 1. The van der Waals surface area contributed by atoms with E-state index < -0.39 is 0 Å². The summed E-state index contributed by atoms with van der Waals surface area (Å²) in [5, 5.41) is 1.05. The monoisotopic (exact) mass is 258 g/mol. The molecule has 0 radical (unpaired) electrons. The fourth-order valence-electron chi connectivity index (χ4n) is 2.15. The fraction of sp³-hybridized carbons (Fsp3) is 0.333. The molecule has 0 fully saturated rings. The van der Waals surface area contributed by atoms with Crippen molar-refractivity contribution in [2.24, 2.45) is 0 Å². The Balaban J connectivity index is 2.64. The molecule has 0 aliphatic rings. The van der Waals surface area contributed by atoms with Crippen molar-refractivity contribution in [2.45, 2.75) is 13.3 Å². The molecule has 0 aliphatic carbocycles. The van der Waals surface area contributed by atoms with Crippen LogP contribution in [0, 0.1) is 6.92 Å². The Hall–Kier alpha value is -2.10. The number of para-hydroxylation sites is 1. The molecule has 1 aromatic carbocycles. The number of hydrogen-bond acceptors (Lipinski definition) is 4. The predicted molar refractivity (Wildman–Crippen MR) is 76.5 cm³/mol. The summed E-state index contributed by atoms with van der Waals surface area (Å²) >= 11 is 0. The number of rotatable bonds is 3. The second-order valence-electron chi connectivity index (χ2n) is 4.74. The lowest BCUT2D eigenvalue weighted by atomic mass is 10.0. The number of ether oxygens (including phenoxy) is 1. The molecule has 0 bridgehead atoms. The molecular weight excluding hydrogens is 240 g/mol. The fourth-order valence-corrected chi connectivity index (χ4v) is 2.15. The Labute approximate surface area is 113 Å². The molecule has 2 rings (SSSR count). The minimum atomic E-state index is -0.248. The highest BCUT2D eigenvalue weighted by Crippen LogP contribution is 2.27. The van der Waals surface area contributed by atoms with Crippen LogP contribution in [-0.2, 0) is 16.0 Å². The third-order valence-corrected chi connectivity index (χ3v) is 3.07. The van der Waals surface area contributed by atoms with Gasteiger partial charge in [0.2, 0.25) is 0 Å². The van der Waals surface area contributed by atoms with Crippen molar-refractivity contribution >= 4 is 22.6 Å². The molecule has 0 atom stereocenters. The van der Waals surface area contributed by atoms with E-state index in [1.165, 1.54) is 7.11 Å². The van der Waals surface area contributed by atoms with E-state index in [2.05, 4.69) is 9.88 Å². The van der Waals surface area contributed by atoms with Crippen molar-refractivity contribution < 1.29 is 9.53 Å².